The van der Waals surface area contributed by atoms with Gasteiger partial charge in [-0.1, -0.05) is 182 Å². The number of nitrogens with one attached hydrogen (secondary N) is 4. The van der Waals surface area contributed by atoms with Crippen LogP contribution in [0.25, 0.3) is 43.1 Å². The number of fused-ring (bicyclic) bond motifs is 5. The van der Waals surface area contributed by atoms with Gasteiger partial charge in [0.25, 0.3) is 0 Å². The Bertz CT molecular complexity index is 3380. The fraction of sp³-hybridized carbons (Fsp3) is 0.125. The van der Waals surface area contributed by atoms with E-state index in [4.69, 9.17) is 0 Å². The maximum atomic E-state index is 15.0. The summed E-state index contributed by atoms with van der Waals surface area (Å²) >= 11 is 0. The second-order valence-electron chi connectivity index (χ2n) is 19.6. The van der Waals surface area contributed by atoms with Crippen LogP contribution >= 0.6 is 0 Å². The summed E-state index contributed by atoms with van der Waals surface area (Å²) in [6.45, 7) is -0.548. The lowest BCUT2D eigenvalue weighted by molar-refractivity contribution is -0.131. The first-order chi connectivity index (χ1) is 37.2. The van der Waals surface area contributed by atoms with Gasteiger partial charge in [0.1, 0.15) is 11.3 Å². The van der Waals surface area contributed by atoms with Crippen LogP contribution in [0.2, 0.25) is 0 Å². The molecule has 4 amide bonds. The number of carbonyl (C=O) groups is 4. The van der Waals surface area contributed by atoms with Gasteiger partial charge in [0.15, 0.2) is 0 Å². The van der Waals surface area contributed by atoms with Crippen LogP contribution in [0.4, 0.5) is 22.7 Å². The summed E-state index contributed by atoms with van der Waals surface area (Å²) in [6, 6.07) is 75.0. The molecule has 0 atom stereocenters. The van der Waals surface area contributed by atoms with Crippen molar-refractivity contribution in [2.24, 2.45) is 0 Å². The zero-order chi connectivity index (χ0) is 51.6. The molecule has 10 aromatic rings. The molecule has 0 aliphatic carbocycles. The molecule has 4 N–H and O–H groups in total. The van der Waals surface area contributed by atoms with E-state index in [9.17, 15) is 19.2 Å². The number of hydrogen-bond donors (Lipinski definition) is 4. The smallest absolute Gasteiger partial charge is 0.238 e. The fourth-order valence-corrected chi connectivity index (χ4v) is 11.8. The summed E-state index contributed by atoms with van der Waals surface area (Å²) < 4.78 is 0. The molecule has 2 saturated heterocycles. The molecule has 0 bridgehead atoms. The third-order valence-electron chi connectivity index (χ3n) is 14.8. The van der Waals surface area contributed by atoms with Crippen LogP contribution in [0.3, 0.4) is 0 Å². The van der Waals surface area contributed by atoms with Crippen molar-refractivity contribution in [2.45, 2.75) is 11.3 Å². The van der Waals surface area contributed by atoms with Crippen molar-refractivity contribution in [3.05, 3.63) is 242 Å². The second-order valence-corrected chi connectivity index (χ2v) is 19.6. The van der Waals surface area contributed by atoms with Crippen molar-refractivity contribution in [1.82, 2.24) is 19.6 Å². The van der Waals surface area contributed by atoms with E-state index >= 15 is 0 Å². The van der Waals surface area contributed by atoms with Gasteiger partial charge in [0, 0.05) is 22.7 Å². The summed E-state index contributed by atoms with van der Waals surface area (Å²) in [6.07, 6.45) is 0. The molecule has 12 nitrogen and oxygen atoms in total. The molecular formula is C64H54N8O4. The van der Waals surface area contributed by atoms with Crippen molar-refractivity contribution in [3.63, 3.8) is 0 Å². The number of rotatable bonds is 14. The average molecular weight is 999 g/mol. The molecule has 0 aromatic heterocycles. The minimum Gasteiger partial charge on any atom is -0.325 e. The summed E-state index contributed by atoms with van der Waals surface area (Å²) in [5, 5.41) is 20.9. The average Bonchev–Trinajstić information content (AvgIpc) is 3.94. The van der Waals surface area contributed by atoms with Crippen molar-refractivity contribution in [1.29, 1.82) is 0 Å². The first kappa shape index (κ1) is 47.9. The van der Waals surface area contributed by atoms with Crippen molar-refractivity contribution in [3.8, 4) is 0 Å². The van der Waals surface area contributed by atoms with E-state index in [0.717, 1.165) is 54.2 Å². The largest absolute Gasteiger partial charge is 0.325 e. The summed E-state index contributed by atoms with van der Waals surface area (Å²) in [5.74, 6) is -1.21. The van der Waals surface area contributed by atoms with E-state index in [1.54, 1.807) is 0 Å². The molecule has 0 radical (unpaired) electrons. The highest BCUT2D eigenvalue weighted by Gasteiger charge is 2.74. The number of benzene rings is 10. The van der Waals surface area contributed by atoms with E-state index in [1.807, 2.05) is 231 Å². The van der Waals surface area contributed by atoms with E-state index in [2.05, 4.69) is 40.9 Å². The predicted molar refractivity (Wildman–Crippen MR) is 303 cm³/mol. The maximum Gasteiger partial charge on any atom is 0.238 e. The molecule has 2 aliphatic rings. The Labute approximate surface area is 440 Å². The highest BCUT2D eigenvalue weighted by atomic mass is 16.2. The second kappa shape index (κ2) is 20.3. The Kier molecular flexibility index (Phi) is 12.8. The minimum atomic E-state index is -1.43. The molecular weight excluding hydrogens is 945 g/mol. The van der Waals surface area contributed by atoms with Gasteiger partial charge in [-0.2, -0.15) is 0 Å². The number of nitrogens with zero attached hydrogens (tertiary/aromatic N) is 4. The Morgan fingerprint density at radius 3 is 0.763 bits per heavy atom. The standard InChI is InChI=1S/C64H54N8O4/c73-59(65-55-31-27-45-15-7-11-19-49(45)35-55)39-69-43-71(41-61(75)67-57-33-29-47-17-9-13-21-51(47)37-57)64(54-25-5-2-6-26-54)63(69,53-23-3-1-4-24-53)70(40-60(74)66-56-32-28-46-16-8-12-20-50(46)36-56)44-72(64)42-62(76)68-58-34-30-48-18-10-14-22-52(48)38-58/h1-38H,39-44H2,(H,65,73)(H,66,74)(H,67,75)(H,68,76). The van der Waals surface area contributed by atoms with Gasteiger partial charge >= 0.3 is 0 Å². The SMILES string of the molecule is O=C(CN1CN(CC(=O)Nc2ccc3ccccc3c2)C2(c3ccccc3)N(CC(=O)Nc3ccc4ccccc4c3)CN(CC(=O)Nc3ccc4ccccc4c3)C12c1ccccc1)Nc1ccc2ccccc2c1. The third-order valence-corrected chi connectivity index (χ3v) is 14.8. The quantitative estimate of drug-likeness (QED) is 0.0848. The number of anilines is 4. The summed E-state index contributed by atoms with van der Waals surface area (Å²) in [5.41, 5.74) is 1.17. The first-order valence-electron chi connectivity index (χ1n) is 25.5. The number of carbonyl (C=O) groups excluding carboxylic acids is 4. The minimum absolute atomic E-state index is 0.0612. The van der Waals surface area contributed by atoms with Gasteiger partial charge in [-0.25, -0.2) is 0 Å². The normalized spacial score (nSPS) is 17.9. The lowest BCUT2D eigenvalue weighted by atomic mass is 9.79. The summed E-state index contributed by atoms with van der Waals surface area (Å²) in [7, 11) is 0. The molecule has 2 heterocycles. The zero-order valence-corrected chi connectivity index (χ0v) is 41.6. The monoisotopic (exact) mass is 998 g/mol. The lowest BCUT2D eigenvalue weighted by Crippen LogP contribution is -2.65. The van der Waals surface area contributed by atoms with E-state index < -0.39 is 11.3 Å². The van der Waals surface area contributed by atoms with Crippen LogP contribution in [0.15, 0.2) is 231 Å². The number of amides is 4. The van der Waals surface area contributed by atoms with Gasteiger partial charge in [0.2, 0.25) is 23.6 Å². The van der Waals surface area contributed by atoms with E-state index in [-0.39, 0.29) is 63.1 Å². The number of hydrogen-bond acceptors (Lipinski definition) is 8. The fourth-order valence-electron chi connectivity index (χ4n) is 11.8. The zero-order valence-electron chi connectivity index (χ0n) is 41.6. The van der Waals surface area contributed by atoms with Crippen molar-refractivity contribution < 1.29 is 19.2 Å². The highest BCUT2D eigenvalue weighted by Crippen LogP contribution is 2.61. The Balaban J connectivity index is 1.00. The Morgan fingerprint density at radius 2 is 0.513 bits per heavy atom. The Hall–Kier alpha value is -9.04. The highest BCUT2D eigenvalue weighted by molar-refractivity contribution is 5.99. The molecule has 2 aliphatic heterocycles. The van der Waals surface area contributed by atoms with E-state index in [1.165, 1.54) is 0 Å². The van der Waals surface area contributed by atoms with E-state index in [0.29, 0.717) is 22.7 Å². The molecule has 0 saturated carbocycles. The van der Waals surface area contributed by atoms with Gasteiger partial charge in [-0.3, -0.25) is 38.8 Å². The molecule has 374 valence electrons. The van der Waals surface area contributed by atoms with Crippen LogP contribution in [-0.2, 0) is 30.5 Å². The summed E-state index contributed by atoms with van der Waals surface area (Å²) in [4.78, 5) is 68.2. The predicted octanol–water partition coefficient (Wildman–Crippen LogP) is 11.0. The van der Waals surface area contributed by atoms with Crippen LogP contribution in [0, 0.1) is 0 Å². The van der Waals surface area contributed by atoms with Gasteiger partial charge in [0.05, 0.1) is 39.5 Å². The molecule has 76 heavy (non-hydrogen) atoms. The molecule has 12 heteroatoms. The topological polar surface area (TPSA) is 129 Å². The molecule has 2 fully saturated rings. The van der Waals surface area contributed by atoms with Crippen molar-refractivity contribution in [2.75, 3.05) is 60.8 Å². The molecule has 10 aromatic carbocycles. The van der Waals surface area contributed by atoms with Gasteiger partial charge < -0.3 is 21.3 Å². The molecule has 12 rings (SSSR count). The molecule has 0 spiro atoms. The maximum absolute atomic E-state index is 15.0. The van der Waals surface area contributed by atoms with Gasteiger partial charge in [-0.05, 0) is 103 Å². The van der Waals surface area contributed by atoms with Crippen molar-refractivity contribution >= 4 is 89.5 Å². The Morgan fingerprint density at radius 1 is 0.289 bits per heavy atom. The van der Waals surface area contributed by atoms with Crippen LogP contribution < -0.4 is 21.3 Å². The lowest BCUT2D eigenvalue weighted by Gasteiger charge is -2.51. The van der Waals surface area contributed by atoms with Gasteiger partial charge in [-0.15, -0.1) is 0 Å². The first-order valence-corrected chi connectivity index (χ1v) is 25.5. The molecule has 0 unspecified atom stereocenters. The van der Waals surface area contributed by atoms with Crippen LogP contribution in [0.1, 0.15) is 11.1 Å². The van der Waals surface area contributed by atoms with Crippen LogP contribution in [0.5, 0.6) is 0 Å². The third kappa shape index (κ3) is 8.99. The van der Waals surface area contributed by atoms with Crippen LogP contribution in [-0.4, -0.2) is 82.7 Å².